The molecular weight excluding hydrogens is 284 g/mol. The van der Waals surface area contributed by atoms with E-state index in [1.54, 1.807) is 12.1 Å². The summed E-state index contributed by atoms with van der Waals surface area (Å²) in [6.45, 7) is 6.89. The third kappa shape index (κ3) is 6.06. The van der Waals surface area contributed by atoms with Crippen molar-refractivity contribution in [2.45, 2.75) is 63.8 Å². The van der Waals surface area contributed by atoms with Crippen LogP contribution in [0.1, 0.15) is 52.9 Å². The Morgan fingerprint density at radius 2 is 1.81 bits per heavy atom. The molecule has 0 amide bonds. The first-order valence-corrected chi connectivity index (χ1v) is 9.34. The van der Waals surface area contributed by atoms with Crippen molar-refractivity contribution >= 4 is 15.7 Å². The SMILES string of the molecule is CCCCCC(C)NS(=O)(=O)c1ccccc1NCCC. The molecule has 0 heterocycles. The van der Waals surface area contributed by atoms with Gasteiger partial charge in [0, 0.05) is 12.6 Å². The zero-order valence-electron chi connectivity index (χ0n) is 13.4. The van der Waals surface area contributed by atoms with Crippen LogP contribution in [0, 0.1) is 0 Å². The second-order valence-corrected chi connectivity index (χ2v) is 7.12. The van der Waals surface area contributed by atoms with Crippen LogP contribution in [-0.2, 0) is 10.0 Å². The minimum atomic E-state index is -3.47. The highest BCUT2D eigenvalue weighted by molar-refractivity contribution is 7.89. The molecule has 1 atom stereocenters. The number of nitrogens with one attached hydrogen (secondary N) is 2. The summed E-state index contributed by atoms with van der Waals surface area (Å²) in [5.74, 6) is 0. The minimum Gasteiger partial charge on any atom is -0.384 e. The smallest absolute Gasteiger partial charge is 0.242 e. The van der Waals surface area contributed by atoms with Gasteiger partial charge in [-0.3, -0.25) is 0 Å². The van der Waals surface area contributed by atoms with Crippen molar-refractivity contribution in [2.24, 2.45) is 0 Å². The van der Waals surface area contributed by atoms with E-state index in [1.807, 2.05) is 19.1 Å². The number of hydrogen-bond acceptors (Lipinski definition) is 3. The monoisotopic (exact) mass is 312 g/mol. The van der Waals surface area contributed by atoms with Crippen molar-refractivity contribution in [1.29, 1.82) is 0 Å². The lowest BCUT2D eigenvalue weighted by molar-refractivity contribution is 0.527. The molecule has 0 radical (unpaired) electrons. The van der Waals surface area contributed by atoms with E-state index in [0.29, 0.717) is 10.6 Å². The zero-order valence-corrected chi connectivity index (χ0v) is 14.2. The van der Waals surface area contributed by atoms with E-state index in [9.17, 15) is 8.42 Å². The predicted octanol–water partition coefficient (Wildman–Crippen LogP) is 3.76. The lowest BCUT2D eigenvalue weighted by Crippen LogP contribution is -2.33. The second-order valence-electron chi connectivity index (χ2n) is 5.44. The maximum atomic E-state index is 12.5. The quantitative estimate of drug-likeness (QED) is 0.647. The molecular formula is C16H28N2O2S. The maximum Gasteiger partial charge on any atom is 0.242 e. The van der Waals surface area contributed by atoms with Crippen LogP contribution < -0.4 is 10.0 Å². The van der Waals surface area contributed by atoms with E-state index in [4.69, 9.17) is 0 Å². The Kier molecular flexibility index (Phi) is 7.75. The summed E-state index contributed by atoms with van der Waals surface area (Å²) in [7, 11) is -3.47. The Morgan fingerprint density at radius 3 is 2.48 bits per heavy atom. The number of benzene rings is 1. The van der Waals surface area contributed by atoms with Gasteiger partial charge in [-0.25, -0.2) is 13.1 Å². The number of unbranched alkanes of at least 4 members (excludes halogenated alkanes) is 2. The van der Waals surface area contributed by atoms with Crippen LogP contribution in [0.15, 0.2) is 29.2 Å². The minimum absolute atomic E-state index is 0.0409. The van der Waals surface area contributed by atoms with Crippen LogP contribution in [-0.4, -0.2) is 21.0 Å². The molecule has 4 nitrogen and oxygen atoms in total. The van der Waals surface area contributed by atoms with Crippen LogP contribution in [0.2, 0.25) is 0 Å². The lowest BCUT2D eigenvalue weighted by Gasteiger charge is -2.16. The van der Waals surface area contributed by atoms with E-state index in [1.165, 1.54) is 0 Å². The summed E-state index contributed by atoms with van der Waals surface area (Å²) in [4.78, 5) is 0.334. The highest BCUT2D eigenvalue weighted by Crippen LogP contribution is 2.21. The molecule has 0 aliphatic rings. The first kappa shape index (κ1) is 18.0. The molecule has 0 aromatic heterocycles. The van der Waals surface area contributed by atoms with Crippen molar-refractivity contribution in [2.75, 3.05) is 11.9 Å². The summed E-state index contributed by atoms with van der Waals surface area (Å²) < 4.78 is 27.8. The average Bonchev–Trinajstić information content (AvgIpc) is 2.45. The number of para-hydroxylation sites is 1. The standard InChI is InChI=1S/C16H28N2O2S/c1-4-6-7-10-14(3)18-21(19,20)16-12-9-8-11-15(16)17-13-5-2/h8-9,11-12,14,17-18H,4-7,10,13H2,1-3H3. The fraction of sp³-hybridized carbons (Fsp3) is 0.625. The van der Waals surface area contributed by atoms with Crippen molar-refractivity contribution in [3.8, 4) is 0 Å². The normalized spacial score (nSPS) is 13.1. The van der Waals surface area contributed by atoms with Crippen molar-refractivity contribution in [3.05, 3.63) is 24.3 Å². The molecule has 2 N–H and O–H groups in total. The highest BCUT2D eigenvalue weighted by Gasteiger charge is 2.20. The van der Waals surface area contributed by atoms with Gasteiger partial charge in [0.05, 0.1) is 5.69 Å². The third-order valence-corrected chi connectivity index (χ3v) is 4.99. The van der Waals surface area contributed by atoms with Crippen LogP contribution in [0.4, 0.5) is 5.69 Å². The lowest BCUT2D eigenvalue weighted by atomic mass is 10.1. The summed E-state index contributed by atoms with van der Waals surface area (Å²) in [5, 5.41) is 3.18. The Balaban J connectivity index is 2.77. The van der Waals surface area contributed by atoms with Crippen molar-refractivity contribution in [3.63, 3.8) is 0 Å². The molecule has 120 valence electrons. The first-order chi connectivity index (χ1) is 10.0. The van der Waals surface area contributed by atoms with Gasteiger partial charge < -0.3 is 5.32 Å². The van der Waals surface area contributed by atoms with E-state index in [-0.39, 0.29) is 6.04 Å². The summed E-state index contributed by atoms with van der Waals surface area (Å²) >= 11 is 0. The molecule has 0 aliphatic heterocycles. The number of anilines is 1. The van der Waals surface area contributed by atoms with Crippen molar-refractivity contribution in [1.82, 2.24) is 4.72 Å². The van der Waals surface area contributed by atoms with Gasteiger partial charge >= 0.3 is 0 Å². The molecule has 0 saturated carbocycles. The Labute approximate surface area is 129 Å². The van der Waals surface area contributed by atoms with Crippen LogP contribution in [0.3, 0.4) is 0 Å². The second kappa shape index (κ2) is 9.05. The van der Waals surface area contributed by atoms with E-state index >= 15 is 0 Å². The first-order valence-electron chi connectivity index (χ1n) is 7.86. The molecule has 1 aromatic carbocycles. The van der Waals surface area contributed by atoms with Crippen LogP contribution >= 0.6 is 0 Å². The van der Waals surface area contributed by atoms with E-state index < -0.39 is 10.0 Å². The van der Waals surface area contributed by atoms with Gasteiger partial charge in [0.1, 0.15) is 4.90 Å². The number of rotatable bonds is 10. The van der Waals surface area contributed by atoms with E-state index in [0.717, 1.165) is 38.6 Å². The Bertz CT molecular complexity index is 515. The van der Waals surface area contributed by atoms with Gasteiger partial charge in [0.25, 0.3) is 0 Å². The van der Waals surface area contributed by atoms with Crippen LogP contribution in [0.5, 0.6) is 0 Å². The topological polar surface area (TPSA) is 58.2 Å². The molecule has 5 heteroatoms. The number of sulfonamides is 1. The zero-order chi connectivity index (χ0) is 15.7. The van der Waals surface area contributed by atoms with Gasteiger partial charge in [-0.15, -0.1) is 0 Å². The predicted molar refractivity (Wildman–Crippen MR) is 89.1 cm³/mol. The Morgan fingerprint density at radius 1 is 1.10 bits per heavy atom. The third-order valence-electron chi connectivity index (χ3n) is 3.34. The molecule has 1 rings (SSSR count). The number of hydrogen-bond donors (Lipinski definition) is 2. The molecule has 0 spiro atoms. The summed E-state index contributed by atoms with van der Waals surface area (Å²) in [6, 6.07) is 7.03. The molecule has 0 fully saturated rings. The van der Waals surface area contributed by atoms with Crippen molar-refractivity contribution < 1.29 is 8.42 Å². The molecule has 21 heavy (non-hydrogen) atoms. The fourth-order valence-electron chi connectivity index (χ4n) is 2.19. The maximum absolute atomic E-state index is 12.5. The molecule has 0 aliphatic carbocycles. The van der Waals surface area contributed by atoms with Crippen LogP contribution in [0.25, 0.3) is 0 Å². The molecule has 1 unspecified atom stereocenters. The average molecular weight is 312 g/mol. The Hall–Kier alpha value is -1.07. The molecule has 0 saturated heterocycles. The van der Waals surface area contributed by atoms with Gasteiger partial charge in [-0.1, -0.05) is 45.2 Å². The highest BCUT2D eigenvalue weighted by atomic mass is 32.2. The van der Waals surface area contributed by atoms with E-state index in [2.05, 4.69) is 23.9 Å². The fourth-order valence-corrected chi connectivity index (χ4v) is 3.66. The van der Waals surface area contributed by atoms with Gasteiger partial charge in [-0.2, -0.15) is 0 Å². The van der Waals surface area contributed by atoms with Gasteiger partial charge in [0.15, 0.2) is 0 Å². The summed E-state index contributed by atoms with van der Waals surface area (Å²) in [5.41, 5.74) is 0.674. The molecule has 0 bridgehead atoms. The van der Waals surface area contributed by atoms with Gasteiger partial charge in [0.2, 0.25) is 10.0 Å². The molecule has 1 aromatic rings. The van der Waals surface area contributed by atoms with Gasteiger partial charge in [-0.05, 0) is 31.9 Å². The largest absolute Gasteiger partial charge is 0.384 e. The summed E-state index contributed by atoms with van der Waals surface area (Å²) in [6.07, 6.45) is 5.16.